The van der Waals surface area contributed by atoms with Gasteiger partial charge in [-0.2, -0.15) is 0 Å². The summed E-state index contributed by atoms with van der Waals surface area (Å²) < 4.78 is 5.39. The zero-order valence-corrected chi connectivity index (χ0v) is 12.2. The lowest BCUT2D eigenvalue weighted by Gasteiger charge is -2.03. The van der Waals surface area contributed by atoms with Gasteiger partial charge in [-0.15, -0.1) is 52.1 Å². The molecule has 0 atom stereocenters. The minimum Gasteiger partial charge on any atom is -0.627 e. The number of hydrogen-bond acceptors (Lipinski definition) is 1. The molecule has 0 aliphatic carbocycles. The van der Waals surface area contributed by atoms with E-state index in [4.69, 9.17) is 3.79 Å². The van der Waals surface area contributed by atoms with E-state index in [-0.39, 0.29) is 24.0 Å². The summed E-state index contributed by atoms with van der Waals surface area (Å²) in [5, 5.41) is 0. The minimum atomic E-state index is -1.27. The van der Waals surface area contributed by atoms with Gasteiger partial charge in [0.1, 0.15) is 0 Å². The fraction of sp³-hybridized carbons (Fsp3) is 0. The van der Waals surface area contributed by atoms with Crippen molar-refractivity contribution >= 4 is 62.9 Å². The SMILES string of the molecule is I.[Br][Al]([Br])[O]c1ccccc1. The van der Waals surface area contributed by atoms with Crippen LogP contribution in [0.4, 0.5) is 0 Å². The van der Waals surface area contributed by atoms with Gasteiger partial charge in [0.15, 0.2) is 0 Å². The van der Waals surface area contributed by atoms with Crippen molar-refractivity contribution in [2.75, 3.05) is 0 Å². The predicted octanol–water partition coefficient (Wildman–Crippen LogP) is 3.46. The molecule has 0 radical (unpaired) electrons. The maximum atomic E-state index is 5.39. The fourth-order valence-corrected chi connectivity index (χ4v) is 2.26. The van der Waals surface area contributed by atoms with Gasteiger partial charge in [-0.1, -0.05) is 18.2 Å². The molecule has 0 aliphatic heterocycles. The van der Waals surface area contributed by atoms with Crippen molar-refractivity contribution in [3.05, 3.63) is 30.3 Å². The highest BCUT2D eigenvalue weighted by molar-refractivity contribution is 14.0. The molecule has 0 saturated heterocycles. The van der Waals surface area contributed by atoms with Crippen LogP contribution in [0.25, 0.3) is 0 Å². The van der Waals surface area contributed by atoms with E-state index in [1.54, 1.807) is 0 Å². The first kappa shape index (κ1) is 12.2. The number of para-hydroxylation sites is 1. The van der Waals surface area contributed by atoms with E-state index >= 15 is 0 Å². The maximum Gasteiger partial charge on any atom is 0.740 e. The third-order valence-corrected chi connectivity index (χ3v) is 2.54. The van der Waals surface area contributed by atoms with Crippen molar-refractivity contribution in [1.29, 1.82) is 0 Å². The first-order valence-corrected chi connectivity index (χ1v) is 9.63. The van der Waals surface area contributed by atoms with Gasteiger partial charge >= 0.3 is 10.8 Å². The van der Waals surface area contributed by atoms with Crippen LogP contribution in [-0.4, -0.2) is 10.8 Å². The second kappa shape index (κ2) is 6.73. The Morgan fingerprint density at radius 1 is 1.09 bits per heavy atom. The molecule has 0 bridgehead atoms. The summed E-state index contributed by atoms with van der Waals surface area (Å²) in [5.74, 6) is 0.910. The van der Waals surface area contributed by atoms with Crippen molar-refractivity contribution in [3.8, 4) is 5.75 Å². The van der Waals surface area contributed by atoms with E-state index in [1.165, 1.54) is 0 Å². The smallest absolute Gasteiger partial charge is 0.627 e. The van der Waals surface area contributed by atoms with Crippen LogP contribution in [0.5, 0.6) is 5.75 Å². The predicted molar refractivity (Wildman–Crippen MR) is 66.1 cm³/mol. The molecule has 0 unspecified atom stereocenters. The van der Waals surface area contributed by atoms with Crippen molar-refractivity contribution in [2.45, 2.75) is 0 Å². The van der Waals surface area contributed by atoms with E-state index < -0.39 is 10.8 Å². The molecule has 0 amide bonds. The van der Waals surface area contributed by atoms with Gasteiger partial charge in [0.25, 0.3) is 0 Å². The quantitative estimate of drug-likeness (QED) is 0.539. The van der Waals surface area contributed by atoms with Gasteiger partial charge in [0, 0.05) is 0 Å². The Hall–Kier alpha value is 1.24. The summed E-state index contributed by atoms with van der Waals surface area (Å²) in [6.07, 6.45) is 0. The Morgan fingerprint density at radius 3 is 2.09 bits per heavy atom. The Labute approximate surface area is 102 Å². The van der Waals surface area contributed by atoms with Crippen LogP contribution in [0, 0.1) is 0 Å². The average Bonchev–Trinajstić information content (AvgIpc) is 1.88. The second-order valence-corrected chi connectivity index (χ2v) is 11.1. The zero-order chi connectivity index (χ0) is 7.40. The number of halogens is 3. The molecule has 0 fully saturated rings. The van der Waals surface area contributed by atoms with Crippen molar-refractivity contribution in [1.82, 2.24) is 0 Å². The first-order valence-electron chi connectivity index (χ1n) is 2.79. The minimum absolute atomic E-state index is 0. The van der Waals surface area contributed by atoms with Crippen molar-refractivity contribution in [2.24, 2.45) is 0 Å². The average molecular weight is 408 g/mol. The third kappa shape index (κ3) is 5.48. The lowest BCUT2D eigenvalue weighted by atomic mass is 10.3. The van der Waals surface area contributed by atoms with E-state index in [2.05, 4.69) is 28.1 Å². The number of benzene rings is 1. The lowest BCUT2D eigenvalue weighted by Crippen LogP contribution is -2.02. The molecular formula is C6H6AlBr2IO. The Kier molecular flexibility index (Phi) is 7.49. The van der Waals surface area contributed by atoms with Crippen LogP contribution in [0.15, 0.2) is 30.3 Å². The summed E-state index contributed by atoms with van der Waals surface area (Å²) in [6, 6.07) is 9.73. The van der Waals surface area contributed by atoms with Crippen LogP contribution < -0.4 is 3.79 Å². The van der Waals surface area contributed by atoms with Crippen LogP contribution in [0.1, 0.15) is 0 Å². The largest absolute Gasteiger partial charge is 0.740 e. The topological polar surface area (TPSA) is 9.23 Å². The van der Waals surface area contributed by atoms with Gasteiger partial charge in [0.2, 0.25) is 0 Å². The molecule has 0 saturated carbocycles. The second-order valence-electron chi connectivity index (χ2n) is 1.69. The van der Waals surface area contributed by atoms with Crippen LogP contribution in [0.2, 0.25) is 0 Å². The van der Waals surface area contributed by atoms with Crippen LogP contribution >= 0.6 is 52.1 Å². The molecule has 0 aromatic heterocycles. The normalized spacial score (nSPS) is 8.18. The highest BCUT2D eigenvalue weighted by atomic mass is 127. The molecule has 0 heterocycles. The summed E-state index contributed by atoms with van der Waals surface area (Å²) in [5.41, 5.74) is 0. The van der Waals surface area contributed by atoms with Crippen molar-refractivity contribution < 1.29 is 3.79 Å². The van der Waals surface area contributed by atoms with E-state index in [0.717, 1.165) is 5.75 Å². The molecule has 5 heteroatoms. The van der Waals surface area contributed by atoms with Gasteiger partial charge < -0.3 is 3.79 Å². The summed E-state index contributed by atoms with van der Waals surface area (Å²) in [6.45, 7) is 0. The lowest BCUT2D eigenvalue weighted by molar-refractivity contribution is 0.608. The van der Waals surface area contributed by atoms with Gasteiger partial charge in [-0.25, -0.2) is 0 Å². The van der Waals surface area contributed by atoms with E-state index in [9.17, 15) is 0 Å². The highest BCUT2D eigenvalue weighted by Gasteiger charge is 2.13. The standard InChI is InChI=1S/C6H6O.Al.2BrH.HI/c7-6-4-2-1-3-5-6;;;;/h1-5,7H;;3*1H/q;+3;;;/p-3. The Morgan fingerprint density at radius 2 is 1.64 bits per heavy atom. The molecule has 1 aromatic carbocycles. The molecule has 0 aliphatic rings. The molecule has 1 nitrogen and oxygen atoms in total. The highest BCUT2D eigenvalue weighted by Crippen LogP contribution is 2.13. The first-order chi connectivity index (χ1) is 4.79. The van der Waals surface area contributed by atoms with E-state index in [1.807, 2.05) is 30.3 Å². The zero-order valence-electron chi connectivity index (χ0n) is 5.54. The van der Waals surface area contributed by atoms with Gasteiger partial charge in [0.05, 0.1) is 5.75 Å². The molecular weight excluding hydrogens is 402 g/mol. The van der Waals surface area contributed by atoms with Gasteiger partial charge in [-0.05, 0) is 12.1 Å². The van der Waals surface area contributed by atoms with Crippen LogP contribution in [0.3, 0.4) is 0 Å². The van der Waals surface area contributed by atoms with E-state index in [0.29, 0.717) is 0 Å². The number of hydrogen-bond donors (Lipinski definition) is 0. The summed E-state index contributed by atoms with van der Waals surface area (Å²) in [7, 11) is -1.27. The maximum absolute atomic E-state index is 5.39. The molecule has 0 N–H and O–H groups in total. The Bertz CT molecular complexity index is 195. The number of rotatable bonds is 2. The molecule has 1 rings (SSSR count). The fourth-order valence-electron chi connectivity index (χ4n) is 0.602. The molecule has 60 valence electrons. The molecule has 11 heavy (non-hydrogen) atoms. The molecule has 0 spiro atoms. The molecule has 1 aromatic rings. The third-order valence-electron chi connectivity index (χ3n) is 0.968. The van der Waals surface area contributed by atoms with Gasteiger partial charge in [-0.3, -0.25) is 0 Å². The Balaban J connectivity index is 0.000001000. The monoisotopic (exact) mass is 406 g/mol. The summed E-state index contributed by atoms with van der Waals surface area (Å²) in [4.78, 5) is 0. The van der Waals surface area contributed by atoms with Crippen molar-refractivity contribution in [3.63, 3.8) is 0 Å². The van der Waals surface area contributed by atoms with Crippen LogP contribution in [-0.2, 0) is 0 Å². The summed E-state index contributed by atoms with van der Waals surface area (Å²) >= 11 is 6.69.